The fraction of sp³-hybridized carbons (Fsp3) is 0.387. The van der Waals surface area contributed by atoms with Crippen LogP contribution in [-0.4, -0.2) is 58.5 Å². The second-order valence-electron chi connectivity index (χ2n) is 11.8. The number of urea groups is 1. The number of halogens is 3. The molecule has 2 N–H and O–H groups in total. The van der Waals surface area contributed by atoms with Crippen LogP contribution in [0.1, 0.15) is 44.6 Å². The van der Waals surface area contributed by atoms with Crippen molar-refractivity contribution in [2.45, 2.75) is 62.9 Å². The Morgan fingerprint density at radius 3 is 2.50 bits per heavy atom. The van der Waals surface area contributed by atoms with Gasteiger partial charge in [-0.1, -0.05) is 24.6 Å². The third kappa shape index (κ3) is 5.84. The topological polar surface area (TPSA) is 109 Å². The fourth-order valence-corrected chi connectivity index (χ4v) is 7.36. The maximum Gasteiger partial charge on any atom is 0.317 e. The highest BCUT2D eigenvalue weighted by molar-refractivity contribution is 7.90. The summed E-state index contributed by atoms with van der Waals surface area (Å²) in [6.07, 6.45) is 5.74. The lowest BCUT2D eigenvalue weighted by molar-refractivity contribution is 0.198. The number of amides is 2. The van der Waals surface area contributed by atoms with Crippen molar-refractivity contribution < 1.29 is 26.4 Å². The number of pyridine rings is 2. The van der Waals surface area contributed by atoms with Gasteiger partial charge < -0.3 is 15.5 Å². The Balaban J connectivity index is 1.30. The average molecular weight is 627 g/mol. The van der Waals surface area contributed by atoms with Crippen LogP contribution in [0.25, 0.3) is 22.3 Å². The van der Waals surface area contributed by atoms with E-state index in [0.717, 1.165) is 60.3 Å². The van der Waals surface area contributed by atoms with Gasteiger partial charge in [-0.2, -0.15) is 0 Å². The van der Waals surface area contributed by atoms with E-state index >= 15 is 8.78 Å². The molecule has 0 radical (unpaired) electrons. The van der Waals surface area contributed by atoms with Crippen LogP contribution in [0.15, 0.2) is 53.7 Å². The number of carbonyl (C=O) groups is 1. The lowest BCUT2D eigenvalue weighted by atomic mass is 9.91. The number of hydrogen-bond acceptors (Lipinski definition) is 6. The van der Waals surface area contributed by atoms with Crippen molar-refractivity contribution in [2.75, 3.05) is 18.4 Å². The van der Waals surface area contributed by atoms with E-state index in [1.165, 1.54) is 12.1 Å². The van der Waals surface area contributed by atoms with E-state index in [0.29, 0.717) is 24.8 Å². The number of nitrogens with zero attached hydrogens (tertiary/aromatic N) is 4. The molecular weight excluding hydrogens is 593 g/mol. The molecule has 2 fully saturated rings. The van der Waals surface area contributed by atoms with Gasteiger partial charge in [-0.3, -0.25) is 0 Å². The van der Waals surface area contributed by atoms with Crippen LogP contribution in [0, 0.1) is 30.3 Å². The average Bonchev–Trinajstić information content (AvgIpc) is 3.59. The van der Waals surface area contributed by atoms with Gasteiger partial charge >= 0.3 is 6.03 Å². The molecule has 2 amide bonds. The molecule has 9 nitrogen and oxygen atoms in total. The van der Waals surface area contributed by atoms with E-state index in [1.54, 1.807) is 12.1 Å². The van der Waals surface area contributed by atoms with Crippen LogP contribution in [0.4, 0.5) is 23.8 Å². The Morgan fingerprint density at radius 2 is 1.77 bits per heavy atom. The molecule has 44 heavy (non-hydrogen) atoms. The molecule has 1 saturated carbocycles. The summed E-state index contributed by atoms with van der Waals surface area (Å²) >= 11 is 0. The van der Waals surface area contributed by atoms with Crippen LogP contribution in [-0.2, 0) is 10.0 Å². The summed E-state index contributed by atoms with van der Waals surface area (Å²) in [5.74, 6) is -2.49. The van der Waals surface area contributed by atoms with Crippen molar-refractivity contribution >= 4 is 32.9 Å². The maximum absolute atomic E-state index is 15.3. The van der Waals surface area contributed by atoms with Crippen LogP contribution in [0.5, 0.6) is 0 Å². The Labute approximate surface area is 253 Å². The Hall–Kier alpha value is -4.13. The highest BCUT2D eigenvalue weighted by Gasteiger charge is 2.30. The third-order valence-corrected chi connectivity index (χ3v) is 10.1. The molecule has 0 spiro atoms. The minimum atomic E-state index is -4.21. The predicted molar refractivity (Wildman–Crippen MR) is 160 cm³/mol. The van der Waals surface area contributed by atoms with Gasteiger partial charge in [0, 0.05) is 48.4 Å². The molecule has 1 unspecified atom stereocenters. The van der Waals surface area contributed by atoms with Crippen molar-refractivity contribution in [1.29, 1.82) is 0 Å². The zero-order chi connectivity index (χ0) is 31.2. The summed E-state index contributed by atoms with van der Waals surface area (Å²) < 4.78 is 72.8. The largest absolute Gasteiger partial charge is 0.365 e. The zero-order valence-electron chi connectivity index (χ0n) is 24.4. The van der Waals surface area contributed by atoms with Gasteiger partial charge in [0.2, 0.25) is 0 Å². The summed E-state index contributed by atoms with van der Waals surface area (Å²) in [6.45, 7) is 5.37. The number of likely N-dealkylation sites (tertiary alicyclic amines) is 1. The van der Waals surface area contributed by atoms with E-state index in [4.69, 9.17) is 0 Å². The van der Waals surface area contributed by atoms with Crippen LogP contribution < -0.4 is 10.6 Å². The monoisotopic (exact) mass is 626 g/mol. The van der Waals surface area contributed by atoms with Gasteiger partial charge in [0.25, 0.3) is 10.0 Å². The van der Waals surface area contributed by atoms with E-state index in [2.05, 4.69) is 27.5 Å². The summed E-state index contributed by atoms with van der Waals surface area (Å²) in [5, 5.41) is 6.15. The number of rotatable bonds is 6. The quantitative estimate of drug-likeness (QED) is 0.279. The molecule has 1 aromatic carbocycles. The minimum absolute atomic E-state index is 0.00122. The minimum Gasteiger partial charge on any atom is -0.365 e. The molecule has 1 aliphatic carbocycles. The lowest BCUT2D eigenvalue weighted by Gasteiger charge is -2.32. The fourth-order valence-electron chi connectivity index (χ4n) is 6.04. The molecule has 3 aromatic heterocycles. The summed E-state index contributed by atoms with van der Waals surface area (Å²) in [4.78, 5) is 22.7. The van der Waals surface area contributed by atoms with Crippen molar-refractivity contribution in [3.8, 4) is 11.3 Å². The summed E-state index contributed by atoms with van der Waals surface area (Å²) in [6, 6.07) is 7.39. The van der Waals surface area contributed by atoms with E-state index in [1.807, 2.05) is 11.8 Å². The molecule has 4 aromatic rings. The predicted octanol–water partition coefficient (Wildman–Crippen LogP) is 5.84. The van der Waals surface area contributed by atoms with Gasteiger partial charge in [0.15, 0.2) is 23.1 Å². The van der Waals surface area contributed by atoms with Gasteiger partial charge in [0.1, 0.15) is 11.5 Å². The number of fused-ring (bicyclic) bond motifs is 1. The first kappa shape index (κ1) is 29.9. The van der Waals surface area contributed by atoms with E-state index < -0.39 is 27.5 Å². The number of nitrogens with one attached hydrogen (secondary N) is 2. The van der Waals surface area contributed by atoms with Crippen LogP contribution >= 0.6 is 0 Å². The highest BCUT2D eigenvalue weighted by Crippen LogP contribution is 2.35. The molecule has 3 atom stereocenters. The molecule has 0 bridgehead atoms. The first-order chi connectivity index (χ1) is 21.0. The molecule has 232 valence electrons. The standard InChI is InChI=1S/C31H33F3N6O3S/c1-18-6-8-23(9-7-18)44(42,43)40-17-25(24-12-20(32)15-35-30(24)40)28-26(33)14-27(34)29(38-28)36-21-4-3-5-22(13-21)37-31(41)39-11-10-19(2)16-39/h6-9,12,14-15,17,19,21-22H,3-5,10-11,13,16H2,1-2H3,(H,36,38)(H,37,41)/t19-,21?,22-/m1/s1. The Bertz CT molecular complexity index is 1830. The van der Waals surface area contributed by atoms with Crippen molar-refractivity contribution in [1.82, 2.24) is 24.2 Å². The molecule has 2 aliphatic rings. The van der Waals surface area contributed by atoms with Crippen molar-refractivity contribution in [3.63, 3.8) is 0 Å². The molecule has 1 aliphatic heterocycles. The second kappa shape index (κ2) is 11.8. The maximum atomic E-state index is 15.3. The SMILES string of the molecule is Cc1ccc(S(=O)(=O)n2cc(-c3nc(NC4CCC[C@@H](NC(=O)N5CC[C@@H](C)C5)C4)c(F)cc3F)c3cc(F)cnc32)cc1. The Kier molecular flexibility index (Phi) is 7.99. The number of hydrogen-bond donors (Lipinski definition) is 2. The zero-order valence-corrected chi connectivity index (χ0v) is 25.2. The van der Waals surface area contributed by atoms with Gasteiger partial charge in [-0.25, -0.2) is 40.3 Å². The van der Waals surface area contributed by atoms with Crippen molar-refractivity contribution in [2.24, 2.45) is 5.92 Å². The van der Waals surface area contributed by atoms with Crippen molar-refractivity contribution in [3.05, 3.63) is 71.8 Å². The summed E-state index contributed by atoms with van der Waals surface area (Å²) in [5.41, 5.74) is 0.317. The third-order valence-electron chi connectivity index (χ3n) is 8.39. The van der Waals surface area contributed by atoms with Gasteiger partial charge in [0.05, 0.1) is 11.1 Å². The normalized spacial score (nSPS) is 20.7. The first-order valence-corrected chi connectivity index (χ1v) is 16.1. The summed E-state index contributed by atoms with van der Waals surface area (Å²) in [7, 11) is -4.21. The van der Waals surface area contributed by atoms with Gasteiger partial charge in [-0.05, 0) is 63.1 Å². The number of benzene rings is 1. The number of aromatic nitrogens is 3. The van der Waals surface area contributed by atoms with E-state index in [-0.39, 0.29) is 51.1 Å². The second-order valence-corrected chi connectivity index (χ2v) is 13.6. The molecule has 13 heteroatoms. The number of anilines is 1. The first-order valence-electron chi connectivity index (χ1n) is 14.7. The Morgan fingerprint density at radius 1 is 1.02 bits per heavy atom. The lowest BCUT2D eigenvalue weighted by Crippen LogP contribution is -2.47. The molecular formula is C31H33F3N6O3S. The van der Waals surface area contributed by atoms with Crippen LogP contribution in [0.2, 0.25) is 0 Å². The van der Waals surface area contributed by atoms with Crippen LogP contribution in [0.3, 0.4) is 0 Å². The number of aryl methyl sites for hydroxylation is 1. The smallest absolute Gasteiger partial charge is 0.317 e. The molecule has 6 rings (SSSR count). The highest BCUT2D eigenvalue weighted by atomic mass is 32.2. The van der Waals surface area contributed by atoms with E-state index in [9.17, 15) is 17.6 Å². The molecule has 4 heterocycles. The number of carbonyl (C=O) groups excluding carboxylic acids is 1. The van der Waals surface area contributed by atoms with Gasteiger partial charge in [-0.15, -0.1) is 0 Å². The molecule has 1 saturated heterocycles.